The van der Waals surface area contributed by atoms with E-state index in [1.54, 1.807) is 0 Å². The number of fused-ring (bicyclic) bond motifs is 1. The highest BCUT2D eigenvalue weighted by molar-refractivity contribution is 8.14. The van der Waals surface area contributed by atoms with Gasteiger partial charge < -0.3 is 9.30 Å². The van der Waals surface area contributed by atoms with Crippen LogP contribution in [0.1, 0.15) is 12.1 Å². The number of pyridine rings is 1. The lowest BCUT2D eigenvalue weighted by atomic mass is 10.4. The molecule has 1 atom stereocenters. The van der Waals surface area contributed by atoms with Gasteiger partial charge in [-0.1, -0.05) is 6.07 Å². The molecule has 0 N–H and O–H groups in total. The molecule has 0 radical (unpaired) electrons. The van der Waals surface area contributed by atoms with Gasteiger partial charge in [0.15, 0.2) is 0 Å². The van der Waals surface area contributed by atoms with Gasteiger partial charge in [0, 0.05) is 36.0 Å². The van der Waals surface area contributed by atoms with Gasteiger partial charge in [0.2, 0.25) is 15.0 Å². The summed E-state index contributed by atoms with van der Waals surface area (Å²) in [6.45, 7) is 0.419. The van der Waals surface area contributed by atoms with Crippen LogP contribution in [0.3, 0.4) is 0 Å². The summed E-state index contributed by atoms with van der Waals surface area (Å²) < 4.78 is 24.4. The molecule has 106 valence electrons. The van der Waals surface area contributed by atoms with E-state index in [1.165, 1.54) is 4.90 Å². The largest absolute Gasteiger partial charge is 0.335 e. The van der Waals surface area contributed by atoms with Crippen molar-refractivity contribution in [2.45, 2.75) is 18.2 Å². The lowest BCUT2D eigenvalue weighted by molar-refractivity contribution is -0.128. The lowest BCUT2D eigenvalue weighted by Gasteiger charge is -2.13. The van der Waals surface area contributed by atoms with Crippen LogP contribution in [0, 0.1) is 0 Å². The molecule has 2 aromatic rings. The van der Waals surface area contributed by atoms with Crippen molar-refractivity contribution in [2.24, 2.45) is 0 Å². The second-order valence-electron chi connectivity index (χ2n) is 4.77. The molecule has 1 fully saturated rings. The Morgan fingerprint density at radius 3 is 2.85 bits per heavy atom. The van der Waals surface area contributed by atoms with E-state index in [9.17, 15) is 13.2 Å². The second-order valence-corrected chi connectivity index (χ2v) is 7.68. The molecule has 3 heterocycles. The summed E-state index contributed by atoms with van der Waals surface area (Å²) in [5.74, 6) is -0.212. The SMILES string of the molecule is O=C1CC(S(=O)(=O)Cl)CN1Cc1cn2ccccc2n1. The Morgan fingerprint density at radius 1 is 1.40 bits per heavy atom. The Hall–Kier alpha value is -1.60. The third-order valence-electron chi connectivity index (χ3n) is 3.34. The zero-order valence-corrected chi connectivity index (χ0v) is 12.0. The summed E-state index contributed by atoms with van der Waals surface area (Å²) in [4.78, 5) is 17.7. The zero-order chi connectivity index (χ0) is 14.3. The molecule has 1 amide bonds. The molecule has 3 rings (SSSR count). The van der Waals surface area contributed by atoms with Gasteiger partial charge in [-0.3, -0.25) is 4.79 Å². The average molecular weight is 314 g/mol. The standard InChI is InChI=1S/C12H12ClN3O3S/c13-20(18,19)10-5-12(17)16(8-10)7-9-6-15-4-2-1-3-11(15)14-9/h1-4,6,10H,5,7-8H2. The van der Waals surface area contributed by atoms with Crippen LogP contribution in [-0.4, -0.2) is 40.4 Å². The predicted octanol–water partition coefficient (Wildman–Crippen LogP) is 1.00. The van der Waals surface area contributed by atoms with E-state index in [4.69, 9.17) is 10.7 Å². The van der Waals surface area contributed by atoms with Gasteiger partial charge in [-0.15, -0.1) is 0 Å². The molecule has 0 aromatic carbocycles. The van der Waals surface area contributed by atoms with Crippen LogP contribution in [0.25, 0.3) is 5.65 Å². The van der Waals surface area contributed by atoms with Crippen molar-refractivity contribution >= 4 is 31.3 Å². The van der Waals surface area contributed by atoms with E-state index in [-0.39, 0.29) is 18.9 Å². The Labute approximate surface area is 120 Å². The number of amides is 1. The summed E-state index contributed by atoms with van der Waals surface area (Å²) in [7, 11) is 1.61. The zero-order valence-electron chi connectivity index (χ0n) is 10.4. The normalized spacial score (nSPS) is 19.9. The molecule has 1 unspecified atom stereocenters. The lowest BCUT2D eigenvalue weighted by Crippen LogP contribution is -2.26. The summed E-state index contributed by atoms with van der Waals surface area (Å²) in [6.07, 6.45) is 3.63. The van der Waals surface area contributed by atoms with Gasteiger partial charge in [-0.25, -0.2) is 13.4 Å². The molecule has 1 saturated heterocycles. The minimum atomic E-state index is -3.70. The fourth-order valence-corrected chi connectivity index (χ4v) is 3.39. The maximum absolute atomic E-state index is 11.8. The first-order chi connectivity index (χ1) is 9.43. The van der Waals surface area contributed by atoms with Gasteiger partial charge >= 0.3 is 0 Å². The molecule has 0 bridgehead atoms. The number of likely N-dealkylation sites (tertiary alicyclic amines) is 1. The smallest absolute Gasteiger partial charge is 0.237 e. The van der Waals surface area contributed by atoms with Crippen LogP contribution in [0.2, 0.25) is 0 Å². The van der Waals surface area contributed by atoms with E-state index in [2.05, 4.69) is 4.98 Å². The summed E-state index contributed by atoms with van der Waals surface area (Å²) in [5.41, 5.74) is 1.51. The molecule has 2 aromatic heterocycles. The van der Waals surface area contributed by atoms with Crippen LogP contribution in [0.5, 0.6) is 0 Å². The van der Waals surface area contributed by atoms with Gasteiger partial charge in [0.25, 0.3) is 0 Å². The monoisotopic (exact) mass is 313 g/mol. The molecule has 6 nitrogen and oxygen atoms in total. The highest BCUT2D eigenvalue weighted by Crippen LogP contribution is 2.22. The molecular formula is C12H12ClN3O3S. The Morgan fingerprint density at radius 2 is 2.20 bits per heavy atom. The second kappa shape index (κ2) is 4.75. The van der Waals surface area contributed by atoms with Crippen molar-refractivity contribution in [2.75, 3.05) is 6.54 Å². The minimum absolute atomic E-state index is 0.0563. The maximum Gasteiger partial charge on any atom is 0.237 e. The third-order valence-corrected chi connectivity index (χ3v) is 5.21. The summed E-state index contributed by atoms with van der Waals surface area (Å²) in [6, 6.07) is 5.63. The number of hydrogen-bond donors (Lipinski definition) is 0. The molecule has 0 spiro atoms. The number of hydrogen-bond acceptors (Lipinski definition) is 4. The molecule has 20 heavy (non-hydrogen) atoms. The first-order valence-corrected chi connectivity index (χ1v) is 8.44. The van der Waals surface area contributed by atoms with Crippen LogP contribution < -0.4 is 0 Å². The van der Waals surface area contributed by atoms with E-state index in [0.717, 1.165) is 11.3 Å². The van der Waals surface area contributed by atoms with Crippen molar-refractivity contribution in [3.05, 3.63) is 36.3 Å². The molecule has 8 heteroatoms. The Kier molecular flexibility index (Phi) is 3.18. The van der Waals surface area contributed by atoms with Crippen molar-refractivity contribution < 1.29 is 13.2 Å². The van der Waals surface area contributed by atoms with E-state index in [0.29, 0.717) is 6.54 Å². The number of aromatic nitrogens is 2. The van der Waals surface area contributed by atoms with Crippen molar-refractivity contribution in [3.63, 3.8) is 0 Å². The fraction of sp³-hybridized carbons (Fsp3) is 0.333. The number of nitrogens with zero attached hydrogens (tertiary/aromatic N) is 3. The molecule has 1 aliphatic rings. The number of imidazole rings is 1. The number of halogens is 1. The van der Waals surface area contributed by atoms with Crippen LogP contribution >= 0.6 is 10.7 Å². The number of carbonyl (C=O) groups excluding carboxylic acids is 1. The highest BCUT2D eigenvalue weighted by atomic mass is 35.7. The number of carbonyl (C=O) groups is 1. The topological polar surface area (TPSA) is 71.8 Å². The van der Waals surface area contributed by atoms with Gasteiger partial charge in [-0.2, -0.15) is 0 Å². The average Bonchev–Trinajstić information content (AvgIpc) is 2.93. The van der Waals surface area contributed by atoms with Crippen molar-refractivity contribution in [1.29, 1.82) is 0 Å². The van der Waals surface area contributed by atoms with E-state index >= 15 is 0 Å². The fourth-order valence-electron chi connectivity index (χ4n) is 2.34. The van der Waals surface area contributed by atoms with Crippen molar-refractivity contribution in [1.82, 2.24) is 14.3 Å². The Balaban J connectivity index is 1.79. The van der Waals surface area contributed by atoms with Gasteiger partial charge in [-0.05, 0) is 12.1 Å². The van der Waals surface area contributed by atoms with Gasteiger partial charge in [0.1, 0.15) is 10.9 Å². The highest BCUT2D eigenvalue weighted by Gasteiger charge is 2.37. The summed E-state index contributed by atoms with van der Waals surface area (Å²) >= 11 is 0. The van der Waals surface area contributed by atoms with Crippen LogP contribution in [0.4, 0.5) is 0 Å². The molecule has 0 saturated carbocycles. The van der Waals surface area contributed by atoms with Crippen LogP contribution in [-0.2, 0) is 20.4 Å². The first kappa shape index (κ1) is 13.4. The molecule has 1 aliphatic heterocycles. The molecular weight excluding hydrogens is 302 g/mol. The first-order valence-electron chi connectivity index (χ1n) is 6.07. The van der Waals surface area contributed by atoms with Crippen molar-refractivity contribution in [3.8, 4) is 0 Å². The third kappa shape index (κ3) is 2.51. The van der Waals surface area contributed by atoms with E-state index in [1.807, 2.05) is 35.0 Å². The summed E-state index contributed by atoms with van der Waals surface area (Å²) in [5, 5.41) is -0.825. The predicted molar refractivity (Wildman–Crippen MR) is 73.8 cm³/mol. The molecule has 0 aliphatic carbocycles. The minimum Gasteiger partial charge on any atom is -0.335 e. The quantitative estimate of drug-likeness (QED) is 0.793. The van der Waals surface area contributed by atoms with Gasteiger partial charge in [0.05, 0.1) is 12.2 Å². The maximum atomic E-state index is 11.8. The van der Waals surface area contributed by atoms with Crippen LogP contribution in [0.15, 0.2) is 30.6 Å². The Bertz CT molecular complexity index is 738. The number of rotatable bonds is 3. The van der Waals surface area contributed by atoms with E-state index < -0.39 is 14.3 Å².